The first-order chi connectivity index (χ1) is 13.8. The predicted molar refractivity (Wildman–Crippen MR) is 130 cm³/mol. The van der Waals surface area contributed by atoms with Gasteiger partial charge in [-0.1, -0.05) is 126 Å². The van der Waals surface area contributed by atoms with Crippen LogP contribution in [0.15, 0.2) is 84.6 Å². The maximum Gasteiger partial charge on any atom is 0.0893 e. The van der Waals surface area contributed by atoms with Crippen LogP contribution < -0.4 is 0 Å². The minimum atomic E-state index is -1.56. The Labute approximate surface area is 179 Å². The van der Waals surface area contributed by atoms with E-state index < -0.39 is 14.2 Å². The molecule has 0 saturated heterocycles. The number of benzene rings is 2. The van der Waals surface area contributed by atoms with E-state index >= 15 is 0 Å². The summed E-state index contributed by atoms with van der Waals surface area (Å²) in [5, 5.41) is 11.1. The maximum atomic E-state index is 11.1. The zero-order valence-corrected chi connectivity index (χ0v) is 19.9. The van der Waals surface area contributed by atoms with E-state index in [0.29, 0.717) is 16.6 Å². The molecule has 0 unspecified atom stereocenters. The molecule has 0 amide bonds. The van der Waals surface area contributed by atoms with Crippen molar-refractivity contribution in [3.8, 4) is 0 Å². The third-order valence-electron chi connectivity index (χ3n) is 6.48. The van der Waals surface area contributed by atoms with Crippen LogP contribution in [-0.4, -0.2) is 13.2 Å². The second kappa shape index (κ2) is 10.8. The Kier molecular flexibility index (Phi) is 8.67. The highest BCUT2D eigenvalue weighted by Crippen LogP contribution is 2.42. The van der Waals surface area contributed by atoms with Crippen LogP contribution in [0.1, 0.15) is 64.7 Å². The van der Waals surface area contributed by atoms with Gasteiger partial charge in [-0.3, -0.25) is 0 Å². The molecule has 0 radical (unpaired) electrons. The minimum absolute atomic E-state index is 0.0727. The summed E-state index contributed by atoms with van der Waals surface area (Å²) in [4.78, 5) is 0. The molecule has 1 N–H and O–H groups in total. The lowest BCUT2D eigenvalue weighted by Gasteiger charge is -2.40. The van der Waals surface area contributed by atoms with Gasteiger partial charge in [0.1, 0.15) is 0 Å². The normalized spacial score (nSPS) is 15.1. The lowest BCUT2D eigenvalue weighted by molar-refractivity contribution is 0.162. The van der Waals surface area contributed by atoms with Gasteiger partial charge < -0.3 is 5.11 Å². The number of allylic oxidation sites excluding steroid dienone is 2. The standard InChI is InChI=1S/C27H38OSi/c1-21(2)29(22(3)4,23(5)6)20-14-13-19-26(24-15-9-7-10-16-24)27(28)25-17-11-8-12-18-25/h7-23,26-28H,1-6H3/b19-13-,20-14+/t26-,27-/m1/s1. The van der Waals surface area contributed by atoms with Gasteiger partial charge >= 0.3 is 0 Å². The summed E-state index contributed by atoms with van der Waals surface area (Å²) >= 11 is 0. The van der Waals surface area contributed by atoms with Gasteiger partial charge in [0.2, 0.25) is 0 Å². The molecular formula is C27H38OSi. The van der Waals surface area contributed by atoms with Crippen LogP contribution >= 0.6 is 0 Å². The maximum absolute atomic E-state index is 11.1. The van der Waals surface area contributed by atoms with Gasteiger partial charge in [-0.2, -0.15) is 0 Å². The molecule has 2 aromatic rings. The highest BCUT2D eigenvalue weighted by Gasteiger charge is 2.39. The third kappa shape index (κ3) is 5.58. The molecule has 0 aliphatic carbocycles. The van der Waals surface area contributed by atoms with E-state index in [0.717, 1.165) is 11.1 Å². The van der Waals surface area contributed by atoms with Crippen LogP contribution in [-0.2, 0) is 0 Å². The van der Waals surface area contributed by atoms with E-state index in [1.165, 1.54) is 0 Å². The summed E-state index contributed by atoms with van der Waals surface area (Å²) in [7, 11) is -1.56. The Morgan fingerprint density at radius 1 is 0.655 bits per heavy atom. The molecule has 2 rings (SSSR count). The topological polar surface area (TPSA) is 20.2 Å². The van der Waals surface area contributed by atoms with Gasteiger partial charge in [0, 0.05) is 5.92 Å². The molecule has 0 saturated carbocycles. The van der Waals surface area contributed by atoms with Crippen LogP contribution in [0.25, 0.3) is 0 Å². The SMILES string of the molecule is CC(C)[Si](/C=C/C=C\[C@H](c1ccccc1)[C@H](O)c1ccccc1)(C(C)C)C(C)C. The Bertz CT molecular complexity index is 753. The van der Waals surface area contributed by atoms with Crippen LogP contribution in [0.4, 0.5) is 0 Å². The molecule has 2 heteroatoms. The first-order valence-electron chi connectivity index (χ1n) is 10.9. The number of hydrogen-bond acceptors (Lipinski definition) is 1. The molecule has 0 heterocycles. The number of aliphatic hydroxyl groups excluding tert-OH is 1. The lowest BCUT2D eigenvalue weighted by atomic mass is 9.89. The molecule has 0 aromatic heterocycles. The smallest absolute Gasteiger partial charge is 0.0893 e. The van der Waals surface area contributed by atoms with Crippen molar-refractivity contribution in [1.82, 2.24) is 0 Å². The predicted octanol–water partition coefficient (Wildman–Crippen LogP) is 7.83. The third-order valence-corrected chi connectivity index (χ3v) is 13.2. The molecule has 29 heavy (non-hydrogen) atoms. The first kappa shape index (κ1) is 23.4. The van der Waals surface area contributed by atoms with Gasteiger partial charge in [0.05, 0.1) is 14.2 Å². The Balaban J connectivity index is 2.33. The fourth-order valence-corrected chi connectivity index (χ4v) is 10.5. The second-order valence-corrected chi connectivity index (χ2v) is 14.8. The van der Waals surface area contributed by atoms with Crippen molar-refractivity contribution in [2.45, 2.75) is 70.2 Å². The summed E-state index contributed by atoms with van der Waals surface area (Å²) in [5.41, 5.74) is 6.71. The van der Waals surface area contributed by atoms with Gasteiger partial charge in [-0.05, 0) is 27.8 Å². The van der Waals surface area contributed by atoms with E-state index in [-0.39, 0.29) is 5.92 Å². The van der Waals surface area contributed by atoms with Crippen molar-refractivity contribution in [3.05, 3.63) is 95.7 Å². The van der Waals surface area contributed by atoms with Crippen LogP contribution in [0.5, 0.6) is 0 Å². The summed E-state index contributed by atoms with van der Waals surface area (Å²) < 4.78 is 0. The Hall–Kier alpha value is -1.90. The highest BCUT2D eigenvalue weighted by molar-refractivity contribution is 6.88. The highest BCUT2D eigenvalue weighted by atomic mass is 28.3. The number of rotatable bonds is 9. The minimum Gasteiger partial charge on any atom is -0.387 e. The van der Waals surface area contributed by atoms with Crippen molar-refractivity contribution in [3.63, 3.8) is 0 Å². The number of hydrogen-bond donors (Lipinski definition) is 1. The van der Waals surface area contributed by atoms with Gasteiger partial charge in [0.25, 0.3) is 0 Å². The van der Waals surface area contributed by atoms with Crippen molar-refractivity contribution in [2.24, 2.45) is 0 Å². The van der Waals surface area contributed by atoms with E-state index in [1.54, 1.807) is 0 Å². The van der Waals surface area contributed by atoms with Gasteiger partial charge in [-0.25, -0.2) is 0 Å². The van der Waals surface area contributed by atoms with E-state index in [4.69, 9.17) is 0 Å². The lowest BCUT2D eigenvalue weighted by Crippen LogP contribution is -2.42. The van der Waals surface area contributed by atoms with E-state index in [9.17, 15) is 5.11 Å². The monoisotopic (exact) mass is 406 g/mol. The van der Waals surface area contributed by atoms with Crippen molar-refractivity contribution < 1.29 is 5.11 Å². The quantitative estimate of drug-likeness (QED) is 0.332. The fourth-order valence-electron chi connectivity index (χ4n) is 4.91. The largest absolute Gasteiger partial charge is 0.387 e. The van der Waals surface area contributed by atoms with Gasteiger partial charge in [0.15, 0.2) is 0 Å². The summed E-state index contributed by atoms with van der Waals surface area (Å²) in [6, 6.07) is 20.2. The molecule has 156 valence electrons. The molecule has 2 atom stereocenters. The van der Waals surface area contributed by atoms with Crippen LogP contribution in [0.3, 0.4) is 0 Å². The molecule has 2 aromatic carbocycles. The van der Waals surface area contributed by atoms with E-state index in [2.05, 4.69) is 77.6 Å². The summed E-state index contributed by atoms with van der Waals surface area (Å²) in [5.74, 6) is -0.0727. The van der Waals surface area contributed by atoms with Crippen molar-refractivity contribution >= 4 is 8.07 Å². The first-order valence-corrected chi connectivity index (χ1v) is 13.3. The van der Waals surface area contributed by atoms with E-state index in [1.807, 2.05) is 48.5 Å². The Morgan fingerprint density at radius 2 is 1.10 bits per heavy atom. The molecule has 0 aliphatic heterocycles. The molecule has 0 spiro atoms. The average molecular weight is 407 g/mol. The second-order valence-electron chi connectivity index (χ2n) is 9.00. The summed E-state index contributed by atoms with van der Waals surface area (Å²) in [6.07, 6.45) is 5.99. The van der Waals surface area contributed by atoms with Crippen molar-refractivity contribution in [1.29, 1.82) is 0 Å². The van der Waals surface area contributed by atoms with Crippen LogP contribution in [0.2, 0.25) is 16.6 Å². The van der Waals surface area contributed by atoms with Gasteiger partial charge in [-0.15, -0.1) is 0 Å². The zero-order chi connectivity index (χ0) is 21.4. The van der Waals surface area contributed by atoms with Crippen molar-refractivity contribution in [2.75, 3.05) is 0 Å². The molecule has 0 aliphatic rings. The molecule has 0 bridgehead atoms. The molecular weight excluding hydrogens is 368 g/mol. The zero-order valence-electron chi connectivity index (χ0n) is 18.9. The number of aliphatic hydroxyl groups is 1. The van der Waals surface area contributed by atoms with Crippen LogP contribution in [0, 0.1) is 0 Å². The molecule has 0 fully saturated rings. The fraction of sp³-hybridized carbons (Fsp3) is 0.407. The Morgan fingerprint density at radius 3 is 1.55 bits per heavy atom. The summed E-state index contributed by atoms with van der Waals surface area (Å²) in [6.45, 7) is 14.3. The molecule has 1 nitrogen and oxygen atoms in total. The average Bonchev–Trinajstić information content (AvgIpc) is 2.71.